The van der Waals surface area contributed by atoms with E-state index in [2.05, 4.69) is 31.9 Å². The molecule has 0 bridgehead atoms. The molecule has 0 radical (unpaired) electrons. The number of nitrogens with zero attached hydrogens (tertiary/aromatic N) is 3. The Morgan fingerprint density at radius 3 is 2.21 bits per heavy atom. The Hall–Kier alpha value is -1.01. The van der Waals surface area contributed by atoms with Crippen LogP contribution in [0.15, 0.2) is 0 Å². The fourth-order valence-corrected chi connectivity index (χ4v) is 3.09. The summed E-state index contributed by atoms with van der Waals surface area (Å²) in [7, 11) is 0. The van der Waals surface area contributed by atoms with Gasteiger partial charge in [-0.3, -0.25) is 0 Å². The number of aromatic nitrogens is 2. The minimum atomic E-state index is -0.148. The van der Waals surface area contributed by atoms with Crippen LogP contribution in [0.4, 0.5) is 0 Å². The van der Waals surface area contributed by atoms with Crippen molar-refractivity contribution in [3.05, 3.63) is 16.4 Å². The zero-order valence-electron chi connectivity index (χ0n) is 12.0. The van der Waals surface area contributed by atoms with E-state index in [1.807, 2.05) is 4.68 Å². The predicted octanol–water partition coefficient (Wildman–Crippen LogP) is 4.60. The lowest BCUT2D eigenvalue weighted by Crippen LogP contribution is -2.16. The number of halogens is 1. The zero-order chi connectivity index (χ0) is 14.0. The fourth-order valence-electron chi connectivity index (χ4n) is 2.78. The molecule has 0 unspecified atom stereocenters. The maximum Gasteiger partial charge on any atom is 0.145 e. The number of rotatable bonds is 1. The molecule has 0 saturated heterocycles. The van der Waals surface area contributed by atoms with E-state index in [0.717, 1.165) is 18.5 Å². The quantitative estimate of drug-likeness (QED) is 0.705. The van der Waals surface area contributed by atoms with E-state index in [1.54, 1.807) is 0 Å². The van der Waals surface area contributed by atoms with Crippen molar-refractivity contribution in [3.63, 3.8) is 0 Å². The van der Waals surface area contributed by atoms with Gasteiger partial charge in [-0.1, -0.05) is 58.1 Å². The maximum absolute atomic E-state index is 9.34. The molecule has 1 aromatic rings. The van der Waals surface area contributed by atoms with Gasteiger partial charge in [0.05, 0.1) is 11.7 Å². The second-order valence-corrected chi connectivity index (χ2v) is 6.82. The molecular weight excluding hydrogens is 258 g/mol. The van der Waals surface area contributed by atoms with Crippen LogP contribution >= 0.6 is 11.6 Å². The minimum absolute atomic E-state index is 0.148. The summed E-state index contributed by atoms with van der Waals surface area (Å²) in [5.41, 5.74) is 1.23. The molecule has 3 nitrogen and oxygen atoms in total. The summed E-state index contributed by atoms with van der Waals surface area (Å²) in [6, 6.07) is 2.59. The van der Waals surface area contributed by atoms with Crippen molar-refractivity contribution in [1.82, 2.24) is 9.78 Å². The van der Waals surface area contributed by atoms with Gasteiger partial charge in [0.25, 0.3) is 0 Å². The number of hydrogen-bond donors (Lipinski definition) is 0. The van der Waals surface area contributed by atoms with Gasteiger partial charge in [0.2, 0.25) is 0 Å². The molecule has 2 rings (SSSR count). The summed E-state index contributed by atoms with van der Waals surface area (Å²) in [6.07, 6.45) is 7.30. The monoisotopic (exact) mass is 279 g/mol. The third-order valence-electron chi connectivity index (χ3n) is 3.84. The first-order valence-corrected chi connectivity index (χ1v) is 7.51. The third-order valence-corrected chi connectivity index (χ3v) is 4.21. The minimum Gasteiger partial charge on any atom is -0.249 e. The Balaban J connectivity index is 2.41. The van der Waals surface area contributed by atoms with Crippen molar-refractivity contribution in [2.75, 3.05) is 0 Å². The van der Waals surface area contributed by atoms with E-state index < -0.39 is 0 Å². The van der Waals surface area contributed by atoms with Gasteiger partial charge < -0.3 is 0 Å². The Morgan fingerprint density at radius 2 is 1.79 bits per heavy atom. The second-order valence-electron chi connectivity index (χ2n) is 6.47. The lowest BCUT2D eigenvalue weighted by Gasteiger charge is -2.17. The van der Waals surface area contributed by atoms with E-state index >= 15 is 0 Å². The SMILES string of the molecule is CC(C)(C)c1nn(C2CCCCCC2)c(Cl)c1C#N. The van der Waals surface area contributed by atoms with Gasteiger partial charge in [0.15, 0.2) is 0 Å². The molecular formula is C15H22ClN3. The summed E-state index contributed by atoms with van der Waals surface area (Å²) in [5.74, 6) is 0. The normalized spacial score (nSPS) is 18.1. The Morgan fingerprint density at radius 1 is 1.21 bits per heavy atom. The Labute approximate surface area is 120 Å². The average molecular weight is 280 g/mol. The van der Waals surface area contributed by atoms with Crippen LogP contribution in [0.5, 0.6) is 0 Å². The van der Waals surface area contributed by atoms with Crippen molar-refractivity contribution in [2.45, 2.75) is 70.8 Å². The summed E-state index contributed by atoms with van der Waals surface area (Å²) in [6.45, 7) is 6.22. The molecule has 0 amide bonds. The van der Waals surface area contributed by atoms with Crippen LogP contribution in [-0.2, 0) is 5.41 Å². The second kappa shape index (κ2) is 5.54. The molecule has 1 heterocycles. The highest BCUT2D eigenvalue weighted by Crippen LogP contribution is 2.35. The zero-order valence-corrected chi connectivity index (χ0v) is 12.8. The third kappa shape index (κ3) is 2.95. The van der Waals surface area contributed by atoms with Crippen LogP contribution in [0.25, 0.3) is 0 Å². The molecule has 19 heavy (non-hydrogen) atoms. The van der Waals surface area contributed by atoms with Gasteiger partial charge in [-0.2, -0.15) is 10.4 Å². The molecule has 1 aliphatic rings. The molecule has 4 heteroatoms. The first kappa shape index (κ1) is 14.4. The number of nitriles is 1. The van der Waals surface area contributed by atoms with Crippen molar-refractivity contribution >= 4 is 11.6 Å². The summed E-state index contributed by atoms with van der Waals surface area (Å²) in [4.78, 5) is 0. The molecule has 1 fully saturated rings. The fraction of sp³-hybridized carbons (Fsp3) is 0.733. The van der Waals surface area contributed by atoms with E-state index in [4.69, 9.17) is 11.6 Å². The van der Waals surface area contributed by atoms with E-state index in [-0.39, 0.29) is 5.41 Å². The highest BCUT2D eigenvalue weighted by molar-refractivity contribution is 6.30. The van der Waals surface area contributed by atoms with Gasteiger partial charge in [0, 0.05) is 5.41 Å². The van der Waals surface area contributed by atoms with Gasteiger partial charge in [0.1, 0.15) is 16.8 Å². The van der Waals surface area contributed by atoms with Crippen LogP contribution in [-0.4, -0.2) is 9.78 Å². The molecule has 0 aromatic carbocycles. The lowest BCUT2D eigenvalue weighted by atomic mass is 9.90. The van der Waals surface area contributed by atoms with Crippen LogP contribution in [0, 0.1) is 11.3 Å². The Kier molecular flexibility index (Phi) is 4.20. The highest BCUT2D eigenvalue weighted by atomic mass is 35.5. The van der Waals surface area contributed by atoms with E-state index in [9.17, 15) is 5.26 Å². The van der Waals surface area contributed by atoms with Crippen LogP contribution in [0.1, 0.15) is 76.6 Å². The summed E-state index contributed by atoms with van der Waals surface area (Å²) < 4.78 is 1.91. The highest BCUT2D eigenvalue weighted by Gasteiger charge is 2.28. The largest absolute Gasteiger partial charge is 0.249 e. The smallest absolute Gasteiger partial charge is 0.145 e. The summed E-state index contributed by atoms with van der Waals surface area (Å²) >= 11 is 6.40. The average Bonchev–Trinajstić information content (AvgIpc) is 2.53. The summed E-state index contributed by atoms with van der Waals surface area (Å²) in [5, 5.41) is 14.5. The first-order valence-electron chi connectivity index (χ1n) is 7.13. The van der Waals surface area contributed by atoms with Crippen molar-refractivity contribution < 1.29 is 0 Å². The topological polar surface area (TPSA) is 41.6 Å². The molecule has 1 aliphatic carbocycles. The van der Waals surface area contributed by atoms with Gasteiger partial charge in [-0.15, -0.1) is 0 Å². The van der Waals surface area contributed by atoms with Gasteiger partial charge in [-0.25, -0.2) is 4.68 Å². The maximum atomic E-state index is 9.34. The van der Waals surface area contributed by atoms with Gasteiger partial charge >= 0.3 is 0 Å². The van der Waals surface area contributed by atoms with Crippen LogP contribution in [0.2, 0.25) is 5.15 Å². The molecule has 0 N–H and O–H groups in total. The van der Waals surface area contributed by atoms with E-state index in [1.165, 1.54) is 25.7 Å². The van der Waals surface area contributed by atoms with Crippen molar-refractivity contribution in [2.24, 2.45) is 0 Å². The number of hydrogen-bond acceptors (Lipinski definition) is 2. The first-order chi connectivity index (χ1) is 8.95. The van der Waals surface area contributed by atoms with Crippen LogP contribution in [0.3, 0.4) is 0 Å². The van der Waals surface area contributed by atoms with E-state index in [0.29, 0.717) is 16.8 Å². The van der Waals surface area contributed by atoms with Gasteiger partial charge in [-0.05, 0) is 12.8 Å². The van der Waals surface area contributed by atoms with Crippen molar-refractivity contribution in [3.8, 4) is 6.07 Å². The molecule has 0 spiro atoms. The standard InChI is InChI=1S/C15H22ClN3/c1-15(2,3)13-12(10-17)14(16)19(18-13)11-8-6-4-5-7-9-11/h11H,4-9H2,1-3H3. The molecule has 0 aliphatic heterocycles. The lowest BCUT2D eigenvalue weighted by molar-refractivity contribution is 0.397. The molecule has 104 valence electrons. The van der Waals surface area contributed by atoms with Crippen molar-refractivity contribution in [1.29, 1.82) is 5.26 Å². The molecule has 1 saturated carbocycles. The molecule has 0 atom stereocenters. The molecule has 1 aromatic heterocycles. The predicted molar refractivity (Wildman–Crippen MR) is 77.4 cm³/mol. The Bertz CT molecular complexity index is 483. The van der Waals surface area contributed by atoms with Crippen LogP contribution < -0.4 is 0 Å².